The molecule has 0 saturated carbocycles. The summed E-state index contributed by atoms with van der Waals surface area (Å²) in [4.78, 5) is 21.8. The number of carbonyl (C=O) groups excluding carboxylic acids is 1. The number of halogens is 1. The van der Waals surface area contributed by atoms with Crippen molar-refractivity contribution in [2.24, 2.45) is 7.05 Å². The molecule has 1 atom stereocenters. The lowest BCUT2D eigenvalue weighted by Gasteiger charge is -2.37. The molecule has 1 aliphatic rings. The molecule has 2 aromatic carbocycles. The second-order valence-electron chi connectivity index (χ2n) is 7.56. The first-order chi connectivity index (χ1) is 14.0. The van der Waals surface area contributed by atoms with Gasteiger partial charge < -0.3 is 9.88 Å². The maximum Gasteiger partial charge on any atom is 0.241 e. The predicted octanol–water partition coefficient (Wildman–Crippen LogP) is 2.86. The Morgan fingerprint density at radius 3 is 2.62 bits per heavy atom. The molecule has 0 bridgehead atoms. The van der Waals surface area contributed by atoms with E-state index >= 15 is 0 Å². The minimum atomic E-state index is -0.356. The number of amides is 1. The number of benzene rings is 2. The topological polar surface area (TPSA) is 53.4 Å². The van der Waals surface area contributed by atoms with E-state index in [2.05, 4.69) is 32.8 Å². The molecule has 2 heterocycles. The van der Waals surface area contributed by atoms with Crippen LogP contribution in [-0.2, 0) is 18.4 Å². The molecule has 4 rings (SSSR count). The average molecular weight is 395 g/mol. The van der Waals surface area contributed by atoms with Gasteiger partial charge in [0, 0.05) is 38.9 Å². The van der Waals surface area contributed by atoms with Crippen LogP contribution >= 0.6 is 0 Å². The minimum Gasteiger partial charge on any atom is -0.330 e. The number of piperazine rings is 1. The van der Waals surface area contributed by atoms with Crippen molar-refractivity contribution >= 4 is 22.6 Å². The normalized spacial score (nSPS) is 16.8. The summed E-state index contributed by atoms with van der Waals surface area (Å²) in [7, 11) is 2.06. The van der Waals surface area contributed by atoms with E-state index in [1.54, 1.807) is 12.1 Å². The molecule has 7 heteroatoms. The van der Waals surface area contributed by atoms with Crippen molar-refractivity contribution in [1.29, 1.82) is 0 Å². The number of carbonyl (C=O) groups is 1. The number of nitrogens with one attached hydrogen (secondary N) is 1. The lowest BCUT2D eigenvalue weighted by Crippen LogP contribution is -2.52. The number of aryl methyl sites for hydroxylation is 1. The maximum atomic E-state index is 13.3. The van der Waals surface area contributed by atoms with Crippen LogP contribution in [0.15, 0.2) is 48.5 Å². The SMILES string of the molecule is CC(C(=O)Nc1cccc(F)c1)N1CCN(Cc2nc3ccccc3n2C)CC1. The number of nitrogens with zero attached hydrogens (tertiary/aromatic N) is 4. The third-order valence-corrected chi connectivity index (χ3v) is 5.67. The van der Waals surface area contributed by atoms with Crippen molar-refractivity contribution in [3.8, 4) is 0 Å². The summed E-state index contributed by atoms with van der Waals surface area (Å²) in [5.74, 6) is 0.585. The van der Waals surface area contributed by atoms with E-state index in [-0.39, 0.29) is 17.8 Å². The van der Waals surface area contributed by atoms with Gasteiger partial charge >= 0.3 is 0 Å². The van der Waals surface area contributed by atoms with Crippen molar-refractivity contribution in [3.05, 3.63) is 60.2 Å². The number of fused-ring (bicyclic) bond motifs is 1. The van der Waals surface area contributed by atoms with Crippen LogP contribution in [0, 0.1) is 5.82 Å². The fraction of sp³-hybridized carbons (Fsp3) is 0.364. The molecule has 29 heavy (non-hydrogen) atoms. The van der Waals surface area contributed by atoms with Gasteiger partial charge in [0.25, 0.3) is 0 Å². The zero-order valence-corrected chi connectivity index (χ0v) is 16.8. The number of hydrogen-bond acceptors (Lipinski definition) is 4. The van der Waals surface area contributed by atoms with Crippen molar-refractivity contribution in [2.45, 2.75) is 19.5 Å². The van der Waals surface area contributed by atoms with Crippen LogP contribution in [-0.4, -0.2) is 57.5 Å². The minimum absolute atomic E-state index is 0.112. The Bertz CT molecular complexity index is 1010. The van der Waals surface area contributed by atoms with Crippen molar-refractivity contribution < 1.29 is 9.18 Å². The van der Waals surface area contributed by atoms with Gasteiger partial charge in [0.2, 0.25) is 5.91 Å². The van der Waals surface area contributed by atoms with Gasteiger partial charge in [0.15, 0.2) is 0 Å². The number of para-hydroxylation sites is 2. The van der Waals surface area contributed by atoms with Crippen LogP contribution in [0.1, 0.15) is 12.7 Å². The lowest BCUT2D eigenvalue weighted by molar-refractivity contribution is -0.121. The predicted molar refractivity (Wildman–Crippen MR) is 112 cm³/mol. The Kier molecular flexibility index (Phi) is 5.60. The molecule has 0 radical (unpaired) electrons. The van der Waals surface area contributed by atoms with Crippen molar-refractivity contribution in [3.63, 3.8) is 0 Å². The van der Waals surface area contributed by atoms with Gasteiger partial charge in [-0.05, 0) is 37.3 Å². The number of anilines is 1. The Balaban J connectivity index is 1.32. The van der Waals surface area contributed by atoms with E-state index in [9.17, 15) is 9.18 Å². The van der Waals surface area contributed by atoms with Gasteiger partial charge in [-0.2, -0.15) is 0 Å². The van der Waals surface area contributed by atoms with Gasteiger partial charge in [0.1, 0.15) is 11.6 Å². The molecule has 0 aliphatic carbocycles. The van der Waals surface area contributed by atoms with Gasteiger partial charge in [-0.25, -0.2) is 9.37 Å². The first-order valence-corrected chi connectivity index (χ1v) is 9.94. The van der Waals surface area contributed by atoms with Crippen molar-refractivity contribution in [1.82, 2.24) is 19.4 Å². The first-order valence-electron chi connectivity index (χ1n) is 9.94. The molecule has 1 saturated heterocycles. The molecular formula is C22H26FN5O. The highest BCUT2D eigenvalue weighted by Gasteiger charge is 2.26. The van der Waals surface area contributed by atoms with Gasteiger partial charge in [-0.3, -0.25) is 14.6 Å². The summed E-state index contributed by atoms with van der Waals surface area (Å²) in [6.07, 6.45) is 0. The van der Waals surface area contributed by atoms with Crippen LogP contribution in [0.4, 0.5) is 10.1 Å². The quantitative estimate of drug-likeness (QED) is 0.722. The molecule has 3 aromatic rings. The Hall–Kier alpha value is -2.77. The smallest absolute Gasteiger partial charge is 0.241 e. The monoisotopic (exact) mass is 395 g/mol. The Labute approximate surface area is 169 Å². The lowest BCUT2D eigenvalue weighted by atomic mass is 10.2. The fourth-order valence-electron chi connectivity index (χ4n) is 3.82. The van der Waals surface area contributed by atoms with Crippen LogP contribution in [0.2, 0.25) is 0 Å². The van der Waals surface area contributed by atoms with Crippen LogP contribution in [0.25, 0.3) is 11.0 Å². The second kappa shape index (κ2) is 8.31. The van der Waals surface area contributed by atoms with Crippen LogP contribution < -0.4 is 5.32 Å². The second-order valence-corrected chi connectivity index (χ2v) is 7.56. The van der Waals surface area contributed by atoms with E-state index in [4.69, 9.17) is 4.98 Å². The molecule has 1 unspecified atom stereocenters. The van der Waals surface area contributed by atoms with E-state index in [0.29, 0.717) is 5.69 Å². The van der Waals surface area contributed by atoms with E-state index < -0.39 is 0 Å². The van der Waals surface area contributed by atoms with E-state index in [0.717, 1.165) is 49.6 Å². The Morgan fingerprint density at radius 2 is 1.90 bits per heavy atom. The molecule has 1 aromatic heterocycles. The average Bonchev–Trinajstić information content (AvgIpc) is 3.04. The number of hydrogen-bond donors (Lipinski definition) is 1. The highest BCUT2D eigenvalue weighted by Crippen LogP contribution is 2.17. The molecule has 6 nitrogen and oxygen atoms in total. The number of imidazole rings is 1. The van der Waals surface area contributed by atoms with Gasteiger partial charge in [0.05, 0.1) is 23.6 Å². The molecule has 1 fully saturated rings. The zero-order chi connectivity index (χ0) is 20.4. The summed E-state index contributed by atoms with van der Waals surface area (Å²) in [6, 6.07) is 13.9. The summed E-state index contributed by atoms with van der Waals surface area (Å²) < 4.78 is 15.5. The first kappa shape index (κ1) is 19.5. The molecule has 0 spiro atoms. The highest BCUT2D eigenvalue weighted by molar-refractivity contribution is 5.94. The molecule has 152 valence electrons. The molecule has 1 N–H and O–H groups in total. The van der Waals surface area contributed by atoms with E-state index in [1.165, 1.54) is 12.1 Å². The van der Waals surface area contributed by atoms with Gasteiger partial charge in [-0.1, -0.05) is 18.2 Å². The van der Waals surface area contributed by atoms with E-state index in [1.807, 2.05) is 25.1 Å². The maximum absolute atomic E-state index is 13.3. The largest absolute Gasteiger partial charge is 0.330 e. The summed E-state index contributed by atoms with van der Waals surface area (Å²) in [6.45, 7) is 6.06. The van der Waals surface area contributed by atoms with Crippen LogP contribution in [0.5, 0.6) is 0 Å². The van der Waals surface area contributed by atoms with Gasteiger partial charge in [-0.15, -0.1) is 0 Å². The summed E-state index contributed by atoms with van der Waals surface area (Å²) in [5.41, 5.74) is 2.65. The molecule has 1 amide bonds. The third-order valence-electron chi connectivity index (χ3n) is 5.67. The van der Waals surface area contributed by atoms with Crippen LogP contribution in [0.3, 0.4) is 0 Å². The molecular weight excluding hydrogens is 369 g/mol. The fourth-order valence-corrected chi connectivity index (χ4v) is 3.82. The third kappa shape index (κ3) is 4.31. The Morgan fingerprint density at radius 1 is 1.14 bits per heavy atom. The highest BCUT2D eigenvalue weighted by atomic mass is 19.1. The number of aromatic nitrogens is 2. The summed E-state index contributed by atoms with van der Waals surface area (Å²) >= 11 is 0. The molecule has 1 aliphatic heterocycles. The number of rotatable bonds is 5. The summed E-state index contributed by atoms with van der Waals surface area (Å²) in [5, 5.41) is 2.81. The standard InChI is InChI=1S/C22H26FN5O/c1-16(22(29)24-18-7-5-6-17(23)14-18)28-12-10-27(11-13-28)15-21-25-19-8-3-4-9-20(19)26(21)2/h3-9,14,16H,10-13,15H2,1-2H3,(H,24,29). The zero-order valence-electron chi connectivity index (χ0n) is 16.8. The van der Waals surface area contributed by atoms with Crippen molar-refractivity contribution in [2.75, 3.05) is 31.5 Å².